The van der Waals surface area contributed by atoms with Crippen LogP contribution in [-0.4, -0.2) is 34.6 Å². The van der Waals surface area contributed by atoms with Gasteiger partial charge in [-0.3, -0.25) is 19.7 Å². The molecule has 20 heavy (non-hydrogen) atoms. The maximum Gasteiger partial charge on any atom is 0.269 e. The van der Waals surface area contributed by atoms with Crippen molar-refractivity contribution < 1.29 is 14.5 Å². The number of piperidine rings is 1. The van der Waals surface area contributed by atoms with Crippen LogP contribution in [0.5, 0.6) is 0 Å². The Labute approximate surface area is 115 Å². The van der Waals surface area contributed by atoms with Crippen LogP contribution in [0.1, 0.15) is 18.4 Å². The summed E-state index contributed by atoms with van der Waals surface area (Å²) < 4.78 is 0. The van der Waals surface area contributed by atoms with E-state index in [0.717, 1.165) is 5.56 Å². The first-order valence-electron chi connectivity index (χ1n) is 6.29. The highest BCUT2D eigenvalue weighted by atomic mass is 16.6. The van der Waals surface area contributed by atoms with Gasteiger partial charge in [-0.2, -0.15) is 0 Å². The Morgan fingerprint density at radius 1 is 1.20 bits per heavy atom. The summed E-state index contributed by atoms with van der Waals surface area (Å²) in [7, 11) is 0. The van der Waals surface area contributed by atoms with Crippen LogP contribution in [-0.2, 0) is 9.59 Å². The lowest BCUT2D eigenvalue weighted by atomic mass is 10.1. The highest BCUT2D eigenvalue weighted by Crippen LogP contribution is 2.13. The number of carbonyl (C=O) groups is 2. The molecule has 1 aliphatic rings. The third-order valence-corrected chi connectivity index (χ3v) is 3.16. The maximum atomic E-state index is 11.9. The summed E-state index contributed by atoms with van der Waals surface area (Å²) in [6.07, 6.45) is 3.87. The second-order valence-corrected chi connectivity index (χ2v) is 4.55. The van der Waals surface area contributed by atoms with E-state index in [1.54, 1.807) is 23.1 Å². The Hall–Kier alpha value is -2.50. The van der Waals surface area contributed by atoms with Gasteiger partial charge >= 0.3 is 0 Å². The molecule has 0 aromatic heterocycles. The number of rotatable bonds is 3. The van der Waals surface area contributed by atoms with Crippen molar-refractivity contribution in [3.63, 3.8) is 0 Å². The van der Waals surface area contributed by atoms with E-state index in [1.807, 2.05) is 0 Å². The molecule has 104 valence electrons. The van der Waals surface area contributed by atoms with E-state index in [9.17, 15) is 19.7 Å². The number of ketones is 1. The molecule has 6 nitrogen and oxygen atoms in total. The van der Waals surface area contributed by atoms with Crippen LogP contribution in [0.2, 0.25) is 0 Å². The van der Waals surface area contributed by atoms with Crippen molar-refractivity contribution in [3.8, 4) is 0 Å². The molecule has 1 saturated heterocycles. The van der Waals surface area contributed by atoms with Gasteiger partial charge < -0.3 is 4.90 Å². The molecule has 1 aromatic carbocycles. The van der Waals surface area contributed by atoms with Crippen molar-refractivity contribution in [1.29, 1.82) is 0 Å². The zero-order chi connectivity index (χ0) is 14.5. The number of hydrogen-bond donors (Lipinski definition) is 0. The molecule has 6 heteroatoms. The number of nitro benzene ring substituents is 1. The van der Waals surface area contributed by atoms with E-state index in [4.69, 9.17) is 0 Å². The summed E-state index contributed by atoms with van der Waals surface area (Å²) in [5, 5.41) is 10.5. The van der Waals surface area contributed by atoms with Gasteiger partial charge in [0.2, 0.25) is 5.91 Å². The molecule has 1 heterocycles. The number of hydrogen-bond acceptors (Lipinski definition) is 4. The first kappa shape index (κ1) is 13.9. The number of nitro groups is 1. The van der Waals surface area contributed by atoms with Gasteiger partial charge in [-0.15, -0.1) is 0 Å². The Morgan fingerprint density at radius 3 is 2.35 bits per heavy atom. The van der Waals surface area contributed by atoms with Crippen LogP contribution in [0.15, 0.2) is 30.3 Å². The molecule has 0 atom stereocenters. The van der Waals surface area contributed by atoms with Crippen molar-refractivity contribution in [1.82, 2.24) is 4.90 Å². The van der Waals surface area contributed by atoms with E-state index in [0.29, 0.717) is 25.9 Å². The SMILES string of the molecule is O=C1CCN(C(=O)/C=C/c2ccc([N+](=O)[O-])cc2)CC1. The van der Waals surface area contributed by atoms with E-state index in [-0.39, 0.29) is 17.4 Å². The minimum atomic E-state index is -0.469. The van der Waals surface area contributed by atoms with Gasteiger partial charge in [0.1, 0.15) is 5.78 Å². The largest absolute Gasteiger partial charge is 0.338 e. The summed E-state index contributed by atoms with van der Waals surface area (Å²) in [6, 6.07) is 5.96. The van der Waals surface area contributed by atoms with Crippen LogP contribution in [0.4, 0.5) is 5.69 Å². The second-order valence-electron chi connectivity index (χ2n) is 4.55. The van der Waals surface area contributed by atoms with Crippen LogP contribution in [0, 0.1) is 10.1 Å². The molecule has 0 radical (unpaired) electrons. The fraction of sp³-hybridized carbons (Fsp3) is 0.286. The number of Topliss-reactive ketones (excluding diaryl/α,β-unsaturated/α-hetero) is 1. The smallest absolute Gasteiger partial charge is 0.269 e. The molecular weight excluding hydrogens is 260 g/mol. The summed E-state index contributed by atoms with van der Waals surface area (Å²) in [5.74, 6) is 0.0456. The molecule has 1 aliphatic heterocycles. The van der Waals surface area contributed by atoms with E-state index in [1.165, 1.54) is 18.2 Å². The van der Waals surface area contributed by atoms with Gasteiger partial charge in [-0.05, 0) is 23.8 Å². The van der Waals surface area contributed by atoms with E-state index >= 15 is 0 Å². The number of likely N-dealkylation sites (tertiary alicyclic amines) is 1. The maximum absolute atomic E-state index is 11.9. The van der Waals surface area contributed by atoms with E-state index in [2.05, 4.69) is 0 Å². The van der Waals surface area contributed by atoms with Crippen LogP contribution < -0.4 is 0 Å². The highest BCUT2D eigenvalue weighted by molar-refractivity contribution is 5.93. The Bertz CT molecular complexity index is 553. The first-order valence-corrected chi connectivity index (χ1v) is 6.29. The van der Waals surface area contributed by atoms with Crippen molar-refractivity contribution >= 4 is 23.5 Å². The standard InChI is InChI=1S/C14H14N2O4/c17-13-7-9-15(10-8-13)14(18)6-3-11-1-4-12(5-2-11)16(19)20/h1-6H,7-10H2/b6-3+. The molecule has 0 aliphatic carbocycles. The van der Waals surface area contributed by atoms with Crippen LogP contribution in [0.3, 0.4) is 0 Å². The van der Waals surface area contributed by atoms with Crippen molar-refractivity contribution in [2.45, 2.75) is 12.8 Å². The van der Waals surface area contributed by atoms with Crippen LogP contribution >= 0.6 is 0 Å². The number of non-ortho nitro benzene ring substituents is 1. The van der Waals surface area contributed by atoms with Crippen molar-refractivity contribution in [3.05, 3.63) is 46.0 Å². The number of carbonyl (C=O) groups excluding carboxylic acids is 2. The lowest BCUT2D eigenvalue weighted by Gasteiger charge is -2.24. The fourth-order valence-electron chi connectivity index (χ4n) is 1.96. The molecule has 1 fully saturated rings. The minimum Gasteiger partial charge on any atom is -0.338 e. The summed E-state index contributed by atoms with van der Waals surface area (Å²) in [6.45, 7) is 0.921. The van der Waals surface area contributed by atoms with Crippen molar-refractivity contribution in [2.75, 3.05) is 13.1 Å². The molecule has 0 bridgehead atoms. The quantitative estimate of drug-likeness (QED) is 0.478. The monoisotopic (exact) mass is 274 g/mol. The van der Waals surface area contributed by atoms with Gasteiger partial charge in [-0.25, -0.2) is 0 Å². The van der Waals surface area contributed by atoms with Gasteiger partial charge in [0, 0.05) is 44.1 Å². The van der Waals surface area contributed by atoms with Crippen molar-refractivity contribution in [2.24, 2.45) is 0 Å². The normalized spacial score (nSPS) is 15.6. The first-order chi connectivity index (χ1) is 9.56. The molecule has 1 aromatic rings. The molecule has 0 unspecified atom stereocenters. The minimum absolute atomic E-state index is 0.0167. The molecular formula is C14H14N2O4. The third kappa shape index (κ3) is 3.50. The Kier molecular flexibility index (Phi) is 4.24. The summed E-state index contributed by atoms with van der Waals surface area (Å²) >= 11 is 0. The number of nitrogens with zero attached hydrogens (tertiary/aromatic N) is 2. The molecule has 0 N–H and O–H groups in total. The van der Waals surface area contributed by atoms with Gasteiger partial charge in [-0.1, -0.05) is 0 Å². The lowest BCUT2D eigenvalue weighted by molar-refractivity contribution is -0.384. The number of amides is 1. The summed E-state index contributed by atoms with van der Waals surface area (Å²) in [4.78, 5) is 34.6. The lowest BCUT2D eigenvalue weighted by Crippen LogP contribution is -2.37. The molecule has 0 spiro atoms. The number of benzene rings is 1. The van der Waals surface area contributed by atoms with Gasteiger partial charge in [0.05, 0.1) is 4.92 Å². The van der Waals surface area contributed by atoms with Gasteiger partial charge in [0.25, 0.3) is 5.69 Å². The predicted octanol–water partition coefficient (Wildman–Crippen LogP) is 1.80. The highest BCUT2D eigenvalue weighted by Gasteiger charge is 2.18. The fourth-order valence-corrected chi connectivity index (χ4v) is 1.96. The summed E-state index contributed by atoms with van der Waals surface area (Å²) in [5.41, 5.74) is 0.736. The molecule has 2 rings (SSSR count). The van der Waals surface area contributed by atoms with E-state index < -0.39 is 4.92 Å². The topological polar surface area (TPSA) is 80.5 Å². The van der Waals surface area contributed by atoms with Gasteiger partial charge in [0.15, 0.2) is 0 Å². The predicted molar refractivity (Wildman–Crippen MR) is 73.0 cm³/mol. The Morgan fingerprint density at radius 2 is 1.80 bits per heavy atom. The average molecular weight is 274 g/mol. The zero-order valence-electron chi connectivity index (χ0n) is 10.8. The van der Waals surface area contributed by atoms with Crippen LogP contribution in [0.25, 0.3) is 6.08 Å². The molecule has 0 saturated carbocycles. The Balaban J connectivity index is 1.96. The zero-order valence-corrected chi connectivity index (χ0v) is 10.8. The third-order valence-electron chi connectivity index (χ3n) is 3.16. The molecule has 1 amide bonds. The average Bonchev–Trinajstić information content (AvgIpc) is 2.46. The second kappa shape index (κ2) is 6.10.